The second-order valence-corrected chi connectivity index (χ2v) is 9.00. The lowest BCUT2D eigenvalue weighted by molar-refractivity contribution is 0.371. The summed E-state index contributed by atoms with van der Waals surface area (Å²) in [5.74, 6) is 3.72. The molecule has 0 saturated heterocycles. The molecule has 0 N–H and O–H groups in total. The molecular weight excluding hydrogens is 276 g/mol. The summed E-state index contributed by atoms with van der Waals surface area (Å²) in [6, 6.07) is 0. The summed E-state index contributed by atoms with van der Waals surface area (Å²) in [5, 5.41) is 0. The van der Waals surface area contributed by atoms with Crippen molar-refractivity contribution in [2.75, 3.05) is 0 Å². The first-order valence-corrected chi connectivity index (χ1v) is 11.0. The molecule has 0 unspecified atom stereocenters. The van der Waals surface area contributed by atoms with Crippen LogP contribution in [0.3, 0.4) is 0 Å². The fraction of sp³-hybridized carbons (Fsp3) is 1.00. The van der Waals surface area contributed by atoms with Crippen LogP contribution in [0.4, 0.5) is 0 Å². The Morgan fingerprint density at radius 3 is 1.13 bits per heavy atom. The highest BCUT2D eigenvalue weighted by Gasteiger charge is 2.08. The maximum atomic E-state index is 2.48. The van der Waals surface area contributed by atoms with Crippen LogP contribution in [-0.4, -0.2) is 0 Å². The number of rotatable bonds is 16. The van der Waals surface area contributed by atoms with Crippen molar-refractivity contribution in [2.45, 2.75) is 125 Å². The quantitative estimate of drug-likeness (QED) is 0.249. The van der Waals surface area contributed by atoms with Crippen LogP contribution in [0, 0.1) is 23.7 Å². The predicted octanol–water partition coefficient (Wildman–Crippen LogP) is 8.64. The Morgan fingerprint density at radius 2 is 0.783 bits per heavy atom. The molecule has 0 spiro atoms. The molecule has 23 heavy (non-hydrogen) atoms. The van der Waals surface area contributed by atoms with Crippen LogP contribution in [0.15, 0.2) is 0 Å². The van der Waals surface area contributed by atoms with Crippen LogP contribution >= 0.6 is 0 Å². The van der Waals surface area contributed by atoms with E-state index >= 15 is 0 Å². The van der Waals surface area contributed by atoms with Crippen LogP contribution in [0.2, 0.25) is 0 Å². The molecule has 0 aliphatic heterocycles. The van der Waals surface area contributed by atoms with Gasteiger partial charge in [-0.3, -0.25) is 0 Å². The van der Waals surface area contributed by atoms with E-state index in [2.05, 4.69) is 41.5 Å². The minimum atomic E-state index is 0.881. The molecule has 0 rings (SSSR count). The summed E-state index contributed by atoms with van der Waals surface area (Å²) < 4.78 is 0. The van der Waals surface area contributed by atoms with Gasteiger partial charge in [-0.05, 0) is 23.7 Å². The predicted molar refractivity (Wildman–Crippen MR) is 108 cm³/mol. The Kier molecular flexibility index (Phi) is 15.5. The third-order valence-corrected chi connectivity index (χ3v) is 5.57. The van der Waals surface area contributed by atoms with Crippen molar-refractivity contribution < 1.29 is 0 Å². The molecule has 0 radical (unpaired) electrons. The minimum absolute atomic E-state index is 0.881. The number of hydrogen-bond donors (Lipinski definition) is 0. The molecule has 0 nitrogen and oxygen atoms in total. The van der Waals surface area contributed by atoms with Crippen LogP contribution in [0.25, 0.3) is 0 Å². The zero-order valence-electron chi connectivity index (χ0n) is 17.5. The van der Waals surface area contributed by atoms with Crippen LogP contribution in [0.1, 0.15) is 125 Å². The van der Waals surface area contributed by atoms with Gasteiger partial charge >= 0.3 is 0 Å². The molecule has 140 valence electrons. The van der Waals surface area contributed by atoms with E-state index in [9.17, 15) is 0 Å². The lowest BCUT2D eigenvalue weighted by Gasteiger charge is -2.16. The smallest absolute Gasteiger partial charge is 0.0443 e. The molecule has 0 bridgehead atoms. The maximum absolute atomic E-state index is 2.48. The van der Waals surface area contributed by atoms with Gasteiger partial charge in [0.1, 0.15) is 0 Å². The molecule has 0 aromatic carbocycles. The molecule has 0 heteroatoms. The highest BCUT2D eigenvalue weighted by atomic mass is 14.1. The highest BCUT2D eigenvalue weighted by Crippen LogP contribution is 2.23. The largest absolute Gasteiger partial charge is 0.0654 e. The van der Waals surface area contributed by atoms with Gasteiger partial charge < -0.3 is 0 Å². The highest BCUT2D eigenvalue weighted by molar-refractivity contribution is 4.61. The monoisotopic (exact) mass is 324 g/mol. The van der Waals surface area contributed by atoms with Gasteiger partial charge in [0.05, 0.1) is 0 Å². The van der Waals surface area contributed by atoms with Crippen LogP contribution in [0.5, 0.6) is 0 Å². The van der Waals surface area contributed by atoms with Gasteiger partial charge in [-0.1, -0.05) is 125 Å². The van der Waals surface area contributed by atoms with E-state index in [1.54, 1.807) is 0 Å². The summed E-state index contributed by atoms with van der Waals surface area (Å²) in [6.07, 6.45) is 18.7. The second kappa shape index (κ2) is 15.5. The molecule has 0 amide bonds. The lowest BCUT2D eigenvalue weighted by atomic mass is 9.90. The zero-order valence-corrected chi connectivity index (χ0v) is 17.5. The Bertz CT molecular complexity index is 230. The van der Waals surface area contributed by atoms with Crippen molar-refractivity contribution in [3.8, 4) is 0 Å². The van der Waals surface area contributed by atoms with E-state index in [4.69, 9.17) is 0 Å². The third kappa shape index (κ3) is 16.6. The Balaban J connectivity index is 3.47. The van der Waals surface area contributed by atoms with Crippen LogP contribution < -0.4 is 0 Å². The van der Waals surface area contributed by atoms with E-state index < -0.39 is 0 Å². The molecule has 0 fully saturated rings. The van der Waals surface area contributed by atoms with E-state index in [1.807, 2.05) is 0 Å². The topological polar surface area (TPSA) is 0 Å². The van der Waals surface area contributed by atoms with Crippen molar-refractivity contribution in [1.29, 1.82) is 0 Å². The third-order valence-electron chi connectivity index (χ3n) is 5.57. The normalized spacial score (nSPS) is 15.8. The molecule has 0 heterocycles. The second-order valence-electron chi connectivity index (χ2n) is 9.00. The number of unbranched alkanes of at least 4 members (excludes halogenated alkanes) is 2. The first kappa shape index (κ1) is 23.0. The Hall–Kier alpha value is 0. The van der Waals surface area contributed by atoms with Gasteiger partial charge in [0.15, 0.2) is 0 Å². The van der Waals surface area contributed by atoms with Crippen molar-refractivity contribution >= 4 is 0 Å². The van der Waals surface area contributed by atoms with E-state index in [0.29, 0.717) is 0 Å². The summed E-state index contributed by atoms with van der Waals surface area (Å²) >= 11 is 0. The first-order chi connectivity index (χ1) is 11.0. The molecular formula is C23H48. The van der Waals surface area contributed by atoms with Gasteiger partial charge in [-0.25, -0.2) is 0 Å². The van der Waals surface area contributed by atoms with Gasteiger partial charge in [0.25, 0.3) is 0 Å². The molecule has 0 aromatic heterocycles. The Morgan fingerprint density at radius 1 is 0.435 bits per heavy atom. The average molecular weight is 325 g/mol. The van der Waals surface area contributed by atoms with Gasteiger partial charge in [-0.2, -0.15) is 0 Å². The van der Waals surface area contributed by atoms with E-state index in [0.717, 1.165) is 23.7 Å². The van der Waals surface area contributed by atoms with E-state index in [-0.39, 0.29) is 0 Å². The fourth-order valence-corrected chi connectivity index (χ4v) is 3.68. The zero-order chi connectivity index (χ0) is 17.5. The van der Waals surface area contributed by atoms with Crippen molar-refractivity contribution in [1.82, 2.24) is 0 Å². The summed E-state index contributed by atoms with van der Waals surface area (Å²) in [7, 11) is 0. The van der Waals surface area contributed by atoms with Crippen molar-refractivity contribution in [2.24, 2.45) is 23.7 Å². The summed E-state index contributed by atoms with van der Waals surface area (Å²) in [4.78, 5) is 0. The summed E-state index contributed by atoms with van der Waals surface area (Å²) in [6.45, 7) is 14.4. The molecule has 0 aliphatic rings. The first-order valence-electron chi connectivity index (χ1n) is 11.0. The molecule has 0 saturated carbocycles. The SMILES string of the molecule is CCCCC[C@H](C)CCC[C@H](C)CCC[C@@H](C)CCCC(C)C. The number of hydrogen-bond acceptors (Lipinski definition) is 0. The van der Waals surface area contributed by atoms with Crippen molar-refractivity contribution in [3.05, 3.63) is 0 Å². The van der Waals surface area contributed by atoms with Crippen molar-refractivity contribution in [3.63, 3.8) is 0 Å². The summed E-state index contributed by atoms with van der Waals surface area (Å²) in [5.41, 5.74) is 0. The molecule has 3 atom stereocenters. The standard InChI is InChI=1S/C23H48/c1-7-8-9-14-21(4)16-11-18-23(6)19-12-17-22(5)15-10-13-20(2)3/h20-23H,7-19H2,1-6H3/t21-,22-,23-/m0/s1. The minimum Gasteiger partial charge on any atom is -0.0654 e. The maximum Gasteiger partial charge on any atom is -0.0443 e. The van der Waals surface area contributed by atoms with Gasteiger partial charge in [-0.15, -0.1) is 0 Å². The fourth-order valence-electron chi connectivity index (χ4n) is 3.68. The van der Waals surface area contributed by atoms with Crippen LogP contribution in [-0.2, 0) is 0 Å². The Labute approximate surface area is 149 Å². The molecule has 0 aliphatic carbocycles. The van der Waals surface area contributed by atoms with Gasteiger partial charge in [0, 0.05) is 0 Å². The average Bonchev–Trinajstić information content (AvgIpc) is 2.47. The van der Waals surface area contributed by atoms with E-state index in [1.165, 1.54) is 83.5 Å². The molecule has 0 aromatic rings. The lowest BCUT2D eigenvalue weighted by Crippen LogP contribution is -2.01. The van der Waals surface area contributed by atoms with Gasteiger partial charge in [0.2, 0.25) is 0 Å².